The van der Waals surface area contributed by atoms with Gasteiger partial charge in [-0.2, -0.15) is 0 Å². The summed E-state index contributed by atoms with van der Waals surface area (Å²) in [6, 6.07) is 0. The van der Waals surface area contributed by atoms with E-state index in [9.17, 15) is 0 Å². The van der Waals surface area contributed by atoms with Crippen molar-refractivity contribution in [3.63, 3.8) is 0 Å². The molecule has 1 fully saturated rings. The number of hydrogen-bond acceptors (Lipinski definition) is 2. The maximum Gasteiger partial charge on any atom is 0.0153 e. The fourth-order valence-electron chi connectivity index (χ4n) is 2.38. The van der Waals surface area contributed by atoms with Crippen LogP contribution in [0.3, 0.4) is 0 Å². The molecule has 1 aliphatic rings. The number of nitrogens with zero attached hydrogens (tertiary/aromatic N) is 1. The minimum atomic E-state index is 0.466. The van der Waals surface area contributed by atoms with Gasteiger partial charge >= 0.3 is 0 Å². The minimum absolute atomic E-state index is 0.466. The topological polar surface area (TPSA) is 29.3 Å². The Hall–Kier alpha value is -0.0800. The van der Waals surface area contributed by atoms with E-state index in [4.69, 9.17) is 5.73 Å². The van der Waals surface area contributed by atoms with Gasteiger partial charge in [0.15, 0.2) is 0 Å². The highest BCUT2D eigenvalue weighted by molar-refractivity contribution is 4.87. The molecule has 0 unspecified atom stereocenters. The van der Waals surface area contributed by atoms with Crippen molar-refractivity contribution in [2.75, 3.05) is 19.6 Å². The van der Waals surface area contributed by atoms with Gasteiger partial charge in [0.2, 0.25) is 0 Å². The Balaban J connectivity index is 2.06. The highest BCUT2D eigenvalue weighted by Crippen LogP contribution is 2.28. The first-order valence-corrected chi connectivity index (χ1v) is 6.12. The van der Waals surface area contributed by atoms with Crippen LogP contribution in [0.15, 0.2) is 0 Å². The zero-order valence-corrected chi connectivity index (χ0v) is 9.89. The molecule has 0 radical (unpaired) electrons. The molecule has 1 heterocycles. The van der Waals surface area contributed by atoms with Crippen LogP contribution in [-0.2, 0) is 0 Å². The Bertz CT molecular complexity index is 154. The third-order valence-corrected chi connectivity index (χ3v) is 3.45. The molecule has 1 saturated heterocycles. The van der Waals surface area contributed by atoms with E-state index in [0.29, 0.717) is 5.54 Å². The van der Waals surface area contributed by atoms with E-state index < -0.39 is 0 Å². The summed E-state index contributed by atoms with van der Waals surface area (Å²) in [6.07, 6.45) is 7.97. The predicted octanol–water partition coefficient (Wildman–Crippen LogP) is 2.38. The SMILES string of the molecule is CC1(C)CCCN1CCCCCCN. The van der Waals surface area contributed by atoms with Crippen LogP contribution in [0, 0.1) is 0 Å². The molecule has 0 saturated carbocycles. The highest BCUT2D eigenvalue weighted by Gasteiger charge is 2.30. The van der Waals surface area contributed by atoms with Gasteiger partial charge in [0.05, 0.1) is 0 Å². The van der Waals surface area contributed by atoms with Crippen molar-refractivity contribution in [2.45, 2.75) is 57.9 Å². The summed E-state index contributed by atoms with van der Waals surface area (Å²) in [5.74, 6) is 0. The second-order valence-electron chi connectivity index (χ2n) is 5.11. The van der Waals surface area contributed by atoms with E-state index in [0.717, 1.165) is 6.54 Å². The van der Waals surface area contributed by atoms with Crippen LogP contribution < -0.4 is 5.73 Å². The van der Waals surface area contributed by atoms with Gasteiger partial charge in [-0.05, 0) is 59.2 Å². The summed E-state index contributed by atoms with van der Waals surface area (Å²) in [5, 5.41) is 0. The first kappa shape index (κ1) is 12.0. The minimum Gasteiger partial charge on any atom is -0.330 e. The van der Waals surface area contributed by atoms with Crippen molar-refractivity contribution in [3.8, 4) is 0 Å². The maximum atomic E-state index is 5.47. The van der Waals surface area contributed by atoms with Gasteiger partial charge in [0.25, 0.3) is 0 Å². The summed E-state index contributed by atoms with van der Waals surface area (Å²) in [5.41, 5.74) is 5.93. The number of likely N-dealkylation sites (tertiary alicyclic amines) is 1. The van der Waals surface area contributed by atoms with Crippen LogP contribution in [0.2, 0.25) is 0 Å². The standard InChI is InChI=1S/C12H26N2/c1-12(2)8-7-11-14(12)10-6-4-3-5-9-13/h3-11,13H2,1-2H3. The third-order valence-electron chi connectivity index (χ3n) is 3.45. The van der Waals surface area contributed by atoms with Gasteiger partial charge < -0.3 is 5.73 Å². The Morgan fingerprint density at radius 2 is 1.86 bits per heavy atom. The van der Waals surface area contributed by atoms with E-state index in [2.05, 4.69) is 18.7 Å². The number of hydrogen-bond donors (Lipinski definition) is 1. The van der Waals surface area contributed by atoms with Gasteiger partial charge in [0.1, 0.15) is 0 Å². The smallest absolute Gasteiger partial charge is 0.0153 e. The first-order valence-electron chi connectivity index (χ1n) is 6.12. The Kier molecular flexibility index (Phi) is 4.90. The first-order chi connectivity index (χ1) is 6.67. The van der Waals surface area contributed by atoms with Crippen molar-refractivity contribution >= 4 is 0 Å². The van der Waals surface area contributed by atoms with E-state index in [-0.39, 0.29) is 0 Å². The van der Waals surface area contributed by atoms with Crippen molar-refractivity contribution < 1.29 is 0 Å². The number of unbranched alkanes of at least 4 members (excludes halogenated alkanes) is 3. The summed E-state index contributed by atoms with van der Waals surface area (Å²) in [4.78, 5) is 2.65. The molecule has 0 aromatic carbocycles. The van der Waals surface area contributed by atoms with Crippen molar-refractivity contribution in [2.24, 2.45) is 5.73 Å². The molecule has 0 atom stereocenters. The summed E-state index contributed by atoms with van der Waals surface area (Å²) >= 11 is 0. The molecule has 2 heteroatoms. The maximum absolute atomic E-state index is 5.47. The summed E-state index contributed by atoms with van der Waals surface area (Å²) in [6.45, 7) is 8.20. The molecule has 0 bridgehead atoms. The largest absolute Gasteiger partial charge is 0.330 e. The number of nitrogens with two attached hydrogens (primary N) is 1. The lowest BCUT2D eigenvalue weighted by Gasteiger charge is -2.31. The molecule has 0 spiro atoms. The van der Waals surface area contributed by atoms with E-state index >= 15 is 0 Å². The lowest BCUT2D eigenvalue weighted by molar-refractivity contribution is 0.171. The second-order valence-corrected chi connectivity index (χ2v) is 5.11. The molecular formula is C12H26N2. The van der Waals surface area contributed by atoms with Crippen LogP contribution in [0.25, 0.3) is 0 Å². The normalized spacial score (nSPS) is 21.6. The van der Waals surface area contributed by atoms with E-state index in [1.807, 2.05) is 0 Å². The van der Waals surface area contributed by atoms with Gasteiger partial charge in [-0.15, -0.1) is 0 Å². The summed E-state index contributed by atoms with van der Waals surface area (Å²) in [7, 11) is 0. The molecule has 0 aliphatic carbocycles. The van der Waals surface area contributed by atoms with E-state index in [1.54, 1.807) is 0 Å². The molecule has 0 amide bonds. The van der Waals surface area contributed by atoms with Gasteiger partial charge in [-0.3, -0.25) is 4.90 Å². The highest BCUT2D eigenvalue weighted by atomic mass is 15.2. The third kappa shape index (κ3) is 3.58. The zero-order chi connectivity index (χ0) is 10.4. The van der Waals surface area contributed by atoms with Crippen LogP contribution in [0.5, 0.6) is 0 Å². The van der Waals surface area contributed by atoms with Crippen LogP contribution in [-0.4, -0.2) is 30.1 Å². The molecule has 1 aliphatic heterocycles. The molecular weight excluding hydrogens is 172 g/mol. The van der Waals surface area contributed by atoms with Gasteiger partial charge in [0, 0.05) is 5.54 Å². The molecule has 2 nitrogen and oxygen atoms in total. The quantitative estimate of drug-likeness (QED) is 0.664. The molecule has 0 aromatic heterocycles. The molecule has 1 rings (SSSR count). The lowest BCUT2D eigenvalue weighted by atomic mass is 10.0. The summed E-state index contributed by atoms with van der Waals surface area (Å²) < 4.78 is 0. The van der Waals surface area contributed by atoms with Crippen molar-refractivity contribution in [1.82, 2.24) is 4.90 Å². The number of rotatable bonds is 6. The zero-order valence-electron chi connectivity index (χ0n) is 9.89. The average molecular weight is 198 g/mol. The second kappa shape index (κ2) is 5.72. The Morgan fingerprint density at radius 1 is 1.14 bits per heavy atom. The van der Waals surface area contributed by atoms with Crippen LogP contribution in [0.4, 0.5) is 0 Å². The fraction of sp³-hybridized carbons (Fsp3) is 1.00. The molecule has 0 aromatic rings. The Morgan fingerprint density at radius 3 is 2.43 bits per heavy atom. The van der Waals surface area contributed by atoms with Crippen molar-refractivity contribution in [1.29, 1.82) is 0 Å². The van der Waals surface area contributed by atoms with Crippen LogP contribution >= 0.6 is 0 Å². The monoisotopic (exact) mass is 198 g/mol. The average Bonchev–Trinajstić information content (AvgIpc) is 2.45. The van der Waals surface area contributed by atoms with E-state index in [1.165, 1.54) is 51.6 Å². The molecule has 14 heavy (non-hydrogen) atoms. The van der Waals surface area contributed by atoms with Crippen molar-refractivity contribution in [3.05, 3.63) is 0 Å². The molecule has 2 N–H and O–H groups in total. The Labute approximate surface area is 88.8 Å². The predicted molar refractivity (Wildman–Crippen MR) is 62.4 cm³/mol. The molecule has 84 valence electrons. The van der Waals surface area contributed by atoms with Gasteiger partial charge in [-0.1, -0.05) is 12.8 Å². The van der Waals surface area contributed by atoms with Crippen LogP contribution in [0.1, 0.15) is 52.4 Å². The van der Waals surface area contributed by atoms with Gasteiger partial charge in [-0.25, -0.2) is 0 Å². The fourth-order valence-corrected chi connectivity index (χ4v) is 2.38. The lowest BCUT2D eigenvalue weighted by Crippen LogP contribution is -2.38.